The Morgan fingerprint density at radius 1 is 0.276 bits per heavy atom. The maximum atomic E-state index is 13.1. The van der Waals surface area contributed by atoms with Crippen molar-refractivity contribution < 1.29 is 80.2 Å². The molecule has 3 N–H and O–H groups in total. The second-order valence-electron chi connectivity index (χ2n) is 28.9. The second-order valence-corrected chi connectivity index (χ2v) is 31.8. The van der Waals surface area contributed by atoms with Crippen LogP contribution in [0.1, 0.15) is 420 Å². The molecule has 0 aliphatic carbocycles. The number of phosphoric ester groups is 2. The van der Waals surface area contributed by atoms with Crippen LogP contribution in [0.5, 0.6) is 0 Å². The van der Waals surface area contributed by atoms with Gasteiger partial charge >= 0.3 is 39.5 Å². The van der Waals surface area contributed by atoms with Gasteiger partial charge in [0, 0.05) is 25.7 Å². The van der Waals surface area contributed by atoms with Gasteiger partial charge in [-0.15, -0.1) is 0 Å². The van der Waals surface area contributed by atoms with Crippen LogP contribution in [0.25, 0.3) is 0 Å². The molecule has 0 radical (unpaired) electrons. The number of aliphatic hydroxyl groups is 1. The molecule has 0 aromatic heterocycles. The van der Waals surface area contributed by atoms with E-state index >= 15 is 0 Å². The number of hydrogen-bond acceptors (Lipinski definition) is 15. The molecule has 0 aromatic carbocycles. The number of phosphoric acid groups is 2. The third-order valence-electron chi connectivity index (χ3n) is 18.5. The van der Waals surface area contributed by atoms with E-state index in [0.29, 0.717) is 25.7 Å². The molecule has 0 fully saturated rings. The van der Waals surface area contributed by atoms with E-state index in [9.17, 15) is 43.2 Å². The summed E-state index contributed by atoms with van der Waals surface area (Å²) in [5.41, 5.74) is 0. The fraction of sp³-hybridized carbons (Fsp3) is 0.949. The van der Waals surface area contributed by atoms with Crippen LogP contribution in [0.4, 0.5) is 0 Å². The van der Waals surface area contributed by atoms with Crippen molar-refractivity contribution in [2.45, 2.75) is 438 Å². The molecule has 0 aliphatic heterocycles. The lowest BCUT2D eigenvalue weighted by Gasteiger charge is -2.21. The fourth-order valence-electron chi connectivity index (χ4n) is 12.2. The zero-order chi connectivity index (χ0) is 71.9. The van der Waals surface area contributed by atoms with Crippen LogP contribution in [-0.2, 0) is 65.4 Å². The summed E-state index contributed by atoms with van der Waals surface area (Å²) in [6.45, 7) is 7.29. The Morgan fingerprint density at radius 3 is 0.694 bits per heavy atom. The maximum Gasteiger partial charge on any atom is 0.472 e. The number of esters is 4. The Morgan fingerprint density at radius 2 is 0.469 bits per heavy atom. The van der Waals surface area contributed by atoms with Gasteiger partial charge in [-0.1, -0.05) is 369 Å². The highest BCUT2D eigenvalue weighted by Crippen LogP contribution is 2.45. The summed E-state index contributed by atoms with van der Waals surface area (Å²) in [5.74, 6) is -1.37. The van der Waals surface area contributed by atoms with Gasteiger partial charge in [0.1, 0.15) is 19.3 Å². The standard InChI is InChI=1S/C79H154O17P2/c1-6-9-12-15-18-21-24-26-28-30-32-34-36-39-44-49-54-59-64-78(83)95-74(68-90-77(82)63-58-53-48-43-38-35-33-31-29-27-25-22-19-16-13-10-7-2)70-93-97(85,86)91-66-73(80)67-92-98(87,88)94-71-75(69-89-76(81)62-57-52-47-42-37-23-20-17-14-11-8-3)96-79(84)65-60-55-50-45-40-41-46-51-56-61-72(4)5/h72-75,80H,6-71H2,1-5H3,(H,85,86)(H,87,88)/t73-,74-,75-/m1/s1. The van der Waals surface area contributed by atoms with E-state index in [-0.39, 0.29) is 25.7 Å². The monoisotopic (exact) mass is 1440 g/mol. The maximum absolute atomic E-state index is 13.1. The molecular weight excluding hydrogens is 1280 g/mol. The SMILES string of the molecule is CCCCCCCCCCCCCCCCCCCCC(=O)O[C@H](COC(=O)CCCCCCCCCCCCCCCCCCC)COP(=O)(O)OC[C@@H](O)COP(=O)(O)OC[C@@H](COC(=O)CCCCCCCCCCCCC)OC(=O)CCCCCCCCCCCC(C)C. The van der Waals surface area contributed by atoms with Crippen molar-refractivity contribution in [3.8, 4) is 0 Å². The number of ether oxygens (including phenoxy) is 4. The summed E-state index contributed by atoms with van der Waals surface area (Å²) in [6, 6.07) is 0. The van der Waals surface area contributed by atoms with Crippen LogP contribution in [0.15, 0.2) is 0 Å². The van der Waals surface area contributed by atoms with Gasteiger partial charge < -0.3 is 33.8 Å². The zero-order valence-corrected chi connectivity index (χ0v) is 65.7. The molecule has 17 nitrogen and oxygen atoms in total. The number of carbonyl (C=O) groups excluding carboxylic acids is 4. The molecule has 19 heteroatoms. The van der Waals surface area contributed by atoms with Gasteiger partial charge in [-0.05, 0) is 31.6 Å². The van der Waals surface area contributed by atoms with Crippen LogP contribution < -0.4 is 0 Å². The predicted molar refractivity (Wildman–Crippen MR) is 400 cm³/mol. The van der Waals surface area contributed by atoms with Crippen molar-refractivity contribution in [3.63, 3.8) is 0 Å². The van der Waals surface area contributed by atoms with E-state index in [2.05, 4.69) is 34.6 Å². The number of aliphatic hydroxyl groups excluding tert-OH is 1. The topological polar surface area (TPSA) is 237 Å². The summed E-state index contributed by atoms with van der Waals surface area (Å²) in [5, 5.41) is 10.6. The lowest BCUT2D eigenvalue weighted by atomic mass is 10.0. The number of hydrogen-bond donors (Lipinski definition) is 3. The van der Waals surface area contributed by atoms with Gasteiger partial charge in [-0.25, -0.2) is 9.13 Å². The number of rotatable bonds is 79. The molecule has 98 heavy (non-hydrogen) atoms. The minimum Gasteiger partial charge on any atom is -0.462 e. The average molecular weight is 1440 g/mol. The Kier molecular flexibility index (Phi) is 70.6. The van der Waals surface area contributed by atoms with Gasteiger partial charge in [0.05, 0.1) is 26.4 Å². The third-order valence-corrected chi connectivity index (χ3v) is 20.4. The summed E-state index contributed by atoms with van der Waals surface area (Å²) >= 11 is 0. The van der Waals surface area contributed by atoms with E-state index in [1.54, 1.807) is 0 Å². The highest BCUT2D eigenvalue weighted by atomic mass is 31.2. The lowest BCUT2D eigenvalue weighted by molar-refractivity contribution is -0.161. The molecule has 0 saturated heterocycles. The third kappa shape index (κ3) is 72.4. The normalized spacial score (nSPS) is 13.9. The van der Waals surface area contributed by atoms with Crippen LogP contribution >= 0.6 is 15.6 Å². The fourth-order valence-corrected chi connectivity index (χ4v) is 13.8. The first-order valence-electron chi connectivity index (χ1n) is 41.1. The Labute approximate surface area is 600 Å². The minimum absolute atomic E-state index is 0.106. The molecule has 5 atom stereocenters. The van der Waals surface area contributed by atoms with Crippen molar-refractivity contribution in [2.75, 3.05) is 39.6 Å². The van der Waals surface area contributed by atoms with Crippen molar-refractivity contribution in [2.24, 2.45) is 5.92 Å². The van der Waals surface area contributed by atoms with Gasteiger partial charge in [-0.2, -0.15) is 0 Å². The Hall–Kier alpha value is -1.94. The Balaban J connectivity index is 5.24. The van der Waals surface area contributed by atoms with Crippen molar-refractivity contribution >= 4 is 39.5 Å². The summed E-state index contributed by atoms with van der Waals surface area (Å²) in [7, 11) is -9.91. The van der Waals surface area contributed by atoms with Crippen molar-refractivity contribution in [3.05, 3.63) is 0 Å². The zero-order valence-electron chi connectivity index (χ0n) is 63.9. The van der Waals surface area contributed by atoms with Gasteiger partial charge in [0.25, 0.3) is 0 Å². The van der Waals surface area contributed by atoms with Crippen LogP contribution in [0.2, 0.25) is 0 Å². The van der Waals surface area contributed by atoms with E-state index in [1.165, 1.54) is 244 Å². The molecule has 0 saturated carbocycles. The number of carbonyl (C=O) groups is 4. The van der Waals surface area contributed by atoms with Crippen LogP contribution in [0.3, 0.4) is 0 Å². The van der Waals surface area contributed by atoms with Crippen molar-refractivity contribution in [1.82, 2.24) is 0 Å². The smallest absolute Gasteiger partial charge is 0.462 e. The van der Waals surface area contributed by atoms with Crippen molar-refractivity contribution in [1.29, 1.82) is 0 Å². The second kappa shape index (κ2) is 72.0. The molecule has 0 bridgehead atoms. The minimum atomic E-state index is -4.96. The Bertz CT molecular complexity index is 1870. The van der Waals surface area contributed by atoms with Crippen LogP contribution in [0, 0.1) is 5.92 Å². The molecule has 0 spiro atoms. The summed E-state index contributed by atoms with van der Waals surface area (Å²) in [6.07, 6.45) is 62.4. The average Bonchev–Trinajstić information content (AvgIpc) is 1.08. The largest absolute Gasteiger partial charge is 0.472 e. The first-order chi connectivity index (χ1) is 47.5. The molecule has 0 aromatic rings. The molecule has 0 heterocycles. The molecule has 0 amide bonds. The predicted octanol–water partition coefficient (Wildman–Crippen LogP) is 23.6. The first-order valence-corrected chi connectivity index (χ1v) is 44.1. The summed E-state index contributed by atoms with van der Waals surface area (Å²) in [4.78, 5) is 72.9. The van der Waals surface area contributed by atoms with E-state index in [4.69, 9.17) is 37.0 Å². The van der Waals surface area contributed by atoms with Gasteiger partial charge in [0.2, 0.25) is 0 Å². The molecule has 0 aliphatic rings. The first kappa shape index (κ1) is 96.1. The highest BCUT2D eigenvalue weighted by molar-refractivity contribution is 7.47. The van der Waals surface area contributed by atoms with E-state index in [1.807, 2.05) is 0 Å². The quantitative estimate of drug-likeness (QED) is 0.0222. The molecule has 582 valence electrons. The molecular formula is C79H154O17P2. The van der Waals surface area contributed by atoms with E-state index in [0.717, 1.165) is 95.8 Å². The lowest BCUT2D eigenvalue weighted by Crippen LogP contribution is -2.30. The van der Waals surface area contributed by atoms with E-state index < -0.39 is 97.5 Å². The molecule has 0 rings (SSSR count). The molecule has 2 unspecified atom stereocenters. The summed E-state index contributed by atoms with van der Waals surface area (Å²) < 4.78 is 68.6. The number of unbranched alkanes of at least 4 members (excludes halogenated alkanes) is 51. The van der Waals surface area contributed by atoms with Gasteiger partial charge in [-0.3, -0.25) is 37.3 Å². The van der Waals surface area contributed by atoms with Gasteiger partial charge in [0.15, 0.2) is 12.2 Å². The highest BCUT2D eigenvalue weighted by Gasteiger charge is 2.30. The van der Waals surface area contributed by atoms with Crippen LogP contribution in [-0.4, -0.2) is 96.7 Å².